The molecule has 7 heteroatoms. The molecule has 0 spiro atoms. The first-order chi connectivity index (χ1) is 13.3. The normalized spacial score (nSPS) is 16.3. The monoisotopic (exact) mass is 514 g/mol. The van der Waals surface area contributed by atoms with Crippen molar-refractivity contribution < 1.29 is 4.74 Å². The second kappa shape index (κ2) is 12.4. The van der Waals surface area contributed by atoms with Gasteiger partial charge in [-0.3, -0.25) is 9.89 Å². The smallest absolute Gasteiger partial charge is 0.191 e. The standard InChI is InChI=1S/C21H30N4OS.HI/c1-17-5-7-18(8-6-17)20(25-11-13-26-14-12-25)16-24-21(22-2)23-10-9-19-4-3-15-27-19;/h3-8,15,20H,9-14,16H2,1-2H3,(H2,22,23,24);1H. The van der Waals surface area contributed by atoms with E-state index < -0.39 is 0 Å². The third-order valence-corrected chi connectivity index (χ3v) is 5.82. The van der Waals surface area contributed by atoms with Crippen LogP contribution in [0.5, 0.6) is 0 Å². The van der Waals surface area contributed by atoms with Crippen LogP contribution >= 0.6 is 35.3 Å². The number of guanidine groups is 1. The molecule has 1 aliphatic rings. The number of nitrogens with one attached hydrogen (secondary N) is 2. The Labute approximate surface area is 189 Å². The van der Waals surface area contributed by atoms with Gasteiger partial charge in [0.2, 0.25) is 0 Å². The molecule has 2 aromatic rings. The minimum atomic E-state index is 0. The molecule has 1 saturated heterocycles. The van der Waals surface area contributed by atoms with E-state index in [0.717, 1.165) is 51.8 Å². The van der Waals surface area contributed by atoms with Crippen LogP contribution in [0.15, 0.2) is 46.8 Å². The zero-order valence-corrected chi connectivity index (χ0v) is 19.8. The van der Waals surface area contributed by atoms with Crippen LogP contribution in [0, 0.1) is 6.92 Å². The predicted octanol–water partition coefficient (Wildman–Crippen LogP) is 3.46. The number of morpholine rings is 1. The van der Waals surface area contributed by atoms with Crippen molar-refractivity contribution in [3.63, 3.8) is 0 Å². The number of rotatable bonds is 7. The van der Waals surface area contributed by atoms with Gasteiger partial charge in [-0.25, -0.2) is 0 Å². The second-order valence-electron chi connectivity index (χ2n) is 6.78. The molecule has 1 aromatic heterocycles. The number of hydrogen-bond donors (Lipinski definition) is 2. The number of aliphatic imine (C=N–C) groups is 1. The fourth-order valence-corrected chi connectivity index (χ4v) is 4.02. The molecule has 154 valence electrons. The van der Waals surface area contributed by atoms with Crippen molar-refractivity contribution >= 4 is 41.3 Å². The highest BCUT2D eigenvalue weighted by Gasteiger charge is 2.22. The van der Waals surface area contributed by atoms with Crippen molar-refractivity contribution in [2.24, 2.45) is 4.99 Å². The molecular weight excluding hydrogens is 483 g/mol. The van der Waals surface area contributed by atoms with Gasteiger partial charge in [-0.15, -0.1) is 35.3 Å². The average Bonchev–Trinajstić information content (AvgIpc) is 3.22. The first-order valence-corrected chi connectivity index (χ1v) is 10.5. The summed E-state index contributed by atoms with van der Waals surface area (Å²) >= 11 is 1.80. The van der Waals surface area contributed by atoms with Crippen molar-refractivity contribution in [1.29, 1.82) is 0 Å². The molecule has 0 aliphatic carbocycles. The summed E-state index contributed by atoms with van der Waals surface area (Å²) < 4.78 is 5.54. The van der Waals surface area contributed by atoms with Gasteiger partial charge in [0.15, 0.2) is 5.96 Å². The summed E-state index contributed by atoms with van der Waals surface area (Å²) in [5.41, 5.74) is 2.63. The third-order valence-electron chi connectivity index (χ3n) is 4.88. The van der Waals surface area contributed by atoms with E-state index in [-0.39, 0.29) is 24.0 Å². The summed E-state index contributed by atoms with van der Waals surface area (Å²) in [7, 11) is 1.83. The van der Waals surface area contributed by atoms with Crippen molar-refractivity contribution in [1.82, 2.24) is 15.5 Å². The second-order valence-corrected chi connectivity index (χ2v) is 7.82. The van der Waals surface area contributed by atoms with Gasteiger partial charge in [0.05, 0.1) is 19.3 Å². The lowest BCUT2D eigenvalue weighted by Crippen LogP contribution is -2.46. The number of benzene rings is 1. The van der Waals surface area contributed by atoms with E-state index in [2.05, 4.69) is 69.2 Å². The fourth-order valence-electron chi connectivity index (χ4n) is 3.31. The highest BCUT2D eigenvalue weighted by molar-refractivity contribution is 14.0. The molecule has 0 radical (unpaired) electrons. The molecule has 1 atom stereocenters. The van der Waals surface area contributed by atoms with Crippen molar-refractivity contribution in [3.8, 4) is 0 Å². The summed E-state index contributed by atoms with van der Waals surface area (Å²) in [4.78, 5) is 8.28. The Hall–Kier alpha value is -1.16. The van der Waals surface area contributed by atoms with Crippen molar-refractivity contribution in [2.75, 3.05) is 46.4 Å². The maximum Gasteiger partial charge on any atom is 0.191 e. The lowest BCUT2D eigenvalue weighted by atomic mass is 10.0. The maximum atomic E-state index is 5.54. The molecule has 2 heterocycles. The van der Waals surface area contributed by atoms with Crippen LogP contribution in [0.1, 0.15) is 22.0 Å². The Morgan fingerprint density at radius 2 is 1.93 bits per heavy atom. The Balaban J connectivity index is 0.00000280. The summed E-state index contributed by atoms with van der Waals surface area (Å²) in [6.07, 6.45) is 1.02. The fraction of sp³-hybridized carbons (Fsp3) is 0.476. The molecule has 5 nitrogen and oxygen atoms in total. The van der Waals surface area contributed by atoms with E-state index in [1.54, 1.807) is 11.3 Å². The summed E-state index contributed by atoms with van der Waals surface area (Å²) in [6, 6.07) is 13.4. The van der Waals surface area contributed by atoms with Gasteiger partial charge in [-0.05, 0) is 30.4 Å². The molecular formula is C21H31IN4OS. The van der Waals surface area contributed by atoms with E-state index in [0.29, 0.717) is 6.04 Å². The summed E-state index contributed by atoms with van der Waals surface area (Å²) in [5.74, 6) is 0.858. The van der Waals surface area contributed by atoms with E-state index in [9.17, 15) is 0 Å². The van der Waals surface area contributed by atoms with E-state index in [1.807, 2.05) is 7.05 Å². The third kappa shape index (κ3) is 7.02. The van der Waals surface area contributed by atoms with Gasteiger partial charge in [0, 0.05) is 38.1 Å². The quantitative estimate of drug-likeness (QED) is 0.338. The Morgan fingerprint density at radius 1 is 1.18 bits per heavy atom. The first-order valence-electron chi connectivity index (χ1n) is 9.61. The predicted molar refractivity (Wildman–Crippen MR) is 129 cm³/mol. The van der Waals surface area contributed by atoms with Crippen LogP contribution in [0.2, 0.25) is 0 Å². The van der Waals surface area contributed by atoms with Gasteiger partial charge in [0.25, 0.3) is 0 Å². The molecule has 0 saturated carbocycles. The lowest BCUT2D eigenvalue weighted by Gasteiger charge is -2.35. The molecule has 2 N–H and O–H groups in total. The maximum absolute atomic E-state index is 5.54. The minimum absolute atomic E-state index is 0. The lowest BCUT2D eigenvalue weighted by molar-refractivity contribution is 0.0170. The van der Waals surface area contributed by atoms with Crippen LogP contribution < -0.4 is 10.6 Å². The number of aryl methyl sites for hydroxylation is 1. The number of ether oxygens (including phenoxy) is 1. The number of hydrogen-bond acceptors (Lipinski definition) is 4. The average molecular weight is 514 g/mol. The minimum Gasteiger partial charge on any atom is -0.379 e. The van der Waals surface area contributed by atoms with Gasteiger partial charge in [-0.1, -0.05) is 35.9 Å². The van der Waals surface area contributed by atoms with Crippen LogP contribution in [-0.2, 0) is 11.2 Å². The summed E-state index contributed by atoms with van der Waals surface area (Å²) in [6.45, 7) is 7.36. The first kappa shape index (κ1) is 23.1. The number of nitrogens with zero attached hydrogens (tertiary/aromatic N) is 2. The van der Waals surface area contributed by atoms with E-state index >= 15 is 0 Å². The van der Waals surface area contributed by atoms with Crippen molar-refractivity contribution in [2.45, 2.75) is 19.4 Å². The largest absolute Gasteiger partial charge is 0.379 e. The SMILES string of the molecule is CN=C(NCCc1cccs1)NCC(c1ccc(C)cc1)N1CCOCC1.I. The molecule has 1 aliphatic heterocycles. The molecule has 0 bridgehead atoms. The number of halogens is 1. The van der Waals surface area contributed by atoms with Gasteiger partial charge in [-0.2, -0.15) is 0 Å². The molecule has 3 rings (SSSR count). The molecule has 1 aromatic carbocycles. The molecule has 1 fully saturated rings. The topological polar surface area (TPSA) is 48.9 Å². The highest BCUT2D eigenvalue weighted by Crippen LogP contribution is 2.21. The molecule has 0 amide bonds. The number of thiophene rings is 1. The molecule has 28 heavy (non-hydrogen) atoms. The van der Waals surface area contributed by atoms with E-state index in [1.165, 1.54) is 16.0 Å². The van der Waals surface area contributed by atoms with Crippen LogP contribution in [0.3, 0.4) is 0 Å². The summed E-state index contributed by atoms with van der Waals surface area (Å²) in [5, 5.41) is 9.07. The van der Waals surface area contributed by atoms with Crippen LogP contribution in [-0.4, -0.2) is 57.3 Å². The Morgan fingerprint density at radius 3 is 2.57 bits per heavy atom. The van der Waals surface area contributed by atoms with Crippen LogP contribution in [0.25, 0.3) is 0 Å². The van der Waals surface area contributed by atoms with Crippen LogP contribution in [0.4, 0.5) is 0 Å². The van der Waals surface area contributed by atoms with Gasteiger partial charge >= 0.3 is 0 Å². The van der Waals surface area contributed by atoms with E-state index in [4.69, 9.17) is 4.74 Å². The zero-order valence-electron chi connectivity index (χ0n) is 16.7. The zero-order chi connectivity index (χ0) is 18.9. The van der Waals surface area contributed by atoms with Gasteiger partial charge in [0.1, 0.15) is 0 Å². The van der Waals surface area contributed by atoms with Crippen molar-refractivity contribution in [3.05, 3.63) is 57.8 Å². The Bertz CT molecular complexity index is 700. The highest BCUT2D eigenvalue weighted by atomic mass is 127. The Kier molecular flexibility index (Phi) is 10.3. The van der Waals surface area contributed by atoms with Gasteiger partial charge < -0.3 is 15.4 Å². The molecule has 1 unspecified atom stereocenters.